The highest BCUT2D eigenvalue weighted by molar-refractivity contribution is 5.65. The molecule has 4 nitrogen and oxygen atoms in total. The van der Waals surface area contributed by atoms with Gasteiger partial charge in [0.05, 0.1) is 19.3 Å². The molecule has 0 spiro atoms. The predicted octanol–water partition coefficient (Wildman–Crippen LogP) is 1.00. The molecule has 2 rings (SSSR count). The van der Waals surface area contributed by atoms with Gasteiger partial charge in [-0.25, -0.2) is 0 Å². The molecule has 16 heavy (non-hydrogen) atoms. The van der Waals surface area contributed by atoms with E-state index in [1.807, 2.05) is 35.1 Å². The highest BCUT2D eigenvalue weighted by atomic mass is 16.3. The van der Waals surface area contributed by atoms with Crippen molar-refractivity contribution in [2.45, 2.75) is 13.2 Å². The molecule has 0 aliphatic carbocycles. The van der Waals surface area contributed by atoms with Crippen LogP contribution in [0.2, 0.25) is 0 Å². The molecule has 0 aliphatic heterocycles. The minimum atomic E-state index is 0.0399. The monoisotopic (exact) mass is 217 g/mol. The van der Waals surface area contributed by atoms with Gasteiger partial charge in [-0.05, 0) is 11.1 Å². The Kier molecular flexibility index (Phi) is 3.34. The van der Waals surface area contributed by atoms with Crippen LogP contribution in [0.15, 0.2) is 36.7 Å². The second kappa shape index (κ2) is 4.92. The lowest BCUT2D eigenvalue weighted by molar-refractivity contribution is 0.282. The van der Waals surface area contributed by atoms with Crippen molar-refractivity contribution >= 4 is 0 Å². The first-order chi connectivity index (χ1) is 7.85. The molecule has 0 saturated carbocycles. The predicted molar refractivity (Wildman–Crippen MR) is 62.6 cm³/mol. The summed E-state index contributed by atoms with van der Waals surface area (Å²) in [5.41, 5.74) is 8.41. The van der Waals surface area contributed by atoms with Gasteiger partial charge in [-0.3, -0.25) is 4.68 Å². The lowest BCUT2D eigenvalue weighted by Gasteiger charge is -2.03. The van der Waals surface area contributed by atoms with Crippen LogP contribution in [-0.2, 0) is 13.2 Å². The van der Waals surface area contributed by atoms with Gasteiger partial charge < -0.3 is 10.8 Å². The number of rotatable bonds is 4. The Morgan fingerprint density at radius 1 is 1.31 bits per heavy atom. The number of nitrogens with zero attached hydrogens (tertiary/aromatic N) is 2. The van der Waals surface area contributed by atoms with Gasteiger partial charge in [0.15, 0.2) is 0 Å². The van der Waals surface area contributed by atoms with E-state index in [1.165, 1.54) is 0 Å². The zero-order valence-electron chi connectivity index (χ0n) is 9.00. The van der Waals surface area contributed by atoms with E-state index in [9.17, 15) is 5.11 Å². The third-order valence-corrected chi connectivity index (χ3v) is 2.49. The summed E-state index contributed by atoms with van der Waals surface area (Å²) in [4.78, 5) is 0. The third kappa shape index (κ3) is 2.13. The molecule has 0 radical (unpaired) electrons. The smallest absolute Gasteiger partial charge is 0.0687 e. The largest absolute Gasteiger partial charge is 0.392 e. The van der Waals surface area contributed by atoms with Crippen molar-refractivity contribution in [1.82, 2.24) is 9.78 Å². The van der Waals surface area contributed by atoms with E-state index < -0.39 is 0 Å². The molecular weight excluding hydrogens is 202 g/mol. The standard InChI is InChI=1S/C12H15N3O/c13-5-6-15-8-11(7-14-15)12-4-2-1-3-10(12)9-16/h1-4,7-8,16H,5-6,9,13H2. The number of nitrogens with two attached hydrogens (primary N) is 1. The van der Waals surface area contributed by atoms with Gasteiger partial charge >= 0.3 is 0 Å². The third-order valence-electron chi connectivity index (χ3n) is 2.49. The van der Waals surface area contributed by atoms with Crippen LogP contribution in [0.1, 0.15) is 5.56 Å². The number of aliphatic hydroxyl groups is 1. The van der Waals surface area contributed by atoms with E-state index >= 15 is 0 Å². The van der Waals surface area contributed by atoms with Crippen LogP contribution in [0, 0.1) is 0 Å². The van der Waals surface area contributed by atoms with Crippen LogP contribution in [-0.4, -0.2) is 21.4 Å². The Bertz CT molecular complexity index is 465. The molecule has 0 amide bonds. The summed E-state index contributed by atoms with van der Waals surface area (Å²) in [5, 5.41) is 13.5. The van der Waals surface area contributed by atoms with Crippen LogP contribution in [0.25, 0.3) is 11.1 Å². The van der Waals surface area contributed by atoms with Crippen molar-refractivity contribution in [2.24, 2.45) is 5.73 Å². The molecule has 0 fully saturated rings. The fourth-order valence-corrected chi connectivity index (χ4v) is 1.70. The fourth-order valence-electron chi connectivity index (χ4n) is 1.70. The van der Waals surface area contributed by atoms with Crippen molar-refractivity contribution in [3.63, 3.8) is 0 Å². The summed E-state index contributed by atoms with van der Waals surface area (Å²) in [6, 6.07) is 7.76. The lowest BCUT2D eigenvalue weighted by atomic mass is 10.0. The molecule has 1 aromatic heterocycles. The van der Waals surface area contributed by atoms with E-state index in [-0.39, 0.29) is 6.61 Å². The molecule has 2 aromatic rings. The Hall–Kier alpha value is -1.65. The van der Waals surface area contributed by atoms with E-state index in [0.717, 1.165) is 16.7 Å². The van der Waals surface area contributed by atoms with Crippen molar-refractivity contribution in [2.75, 3.05) is 6.54 Å². The lowest BCUT2D eigenvalue weighted by Crippen LogP contribution is -2.09. The fraction of sp³-hybridized carbons (Fsp3) is 0.250. The van der Waals surface area contributed by atoms with Gasteiger partial charge in [0.1, 0.15) is 0 Å². The topological polar surface area (TPSA) is 64.1 Å². The van der Waals surface area contributed by atoms with Crippen LogP contribution >= 0.6 is 0 Å². The van der Waals surface area contributed by atoms with Gasteiger partial charge in [-0.2, -0.15) is 5.10 Å². The van der Waals surface area contributed by atoms with Crippen LogP contribution in [0.5, 0.6) is 0 Å². The van der Waals surface area contributed by atoms with E-state index in [2.05, 4.69) is 5.10 Å². The molecule has 84 valence electrons. The molecule has 1 aromatic carbocycles. The Morgan fingerprint density at radius 3 is 2.88 bits per heavy atom. The van der Waals surface area contributed by atoms with E-state index in [0.29, 0.717) is 13.1 Å². The van der Waals surface area contributed by atoms with Crippen LogP contribution in [0.3, 0.4) is 0 Å². The SMILES string of the molecule is NCCn1cc(-c2ccccc2CO)cn1. The maximum Gasteiger partial charge on any atom is 0.0687 e. The summed E-state index contributed by atoms with van der Waals surface area (Å²) >= 11 is 0. The zero-order valence-corrected chi connectivity index (χ0v) is 9.00. The van der Waals surface area contributed by atoms with Crippen molar-refractivity contribution < 1.29 is 5.11 Å². The van der Waals surface area contributed by atoms with Crippen molar-refractivity contribution in [3.05, 3.63) is 42.2 Å². The van der Waals surface area contributed by atoms with Gasteiger partial charge in [-0.15, -0.1) is 0 Å². The molecule has 1 heterocycles. The van der Waals surface area contributed by atoms with Crippen molar-refractivity contribution in [1.29, 1.82) is 0 Å². The van der Waals surface area contributed by atoms with Gasteiger partial charge in [0, 0.05) is 18.3 Å². The molecule has 3 N–H and O–H groups in total. The summed E-state index contributed by atoms with van der Waals surface area (Å²) in [6.45, 7) is 1.32. The molecule has 0 aliphatic rings. The van der Waals surface area contributed by atoms with Gasteiger partial charge in [0.2, 0.25) is 0 Å². The minimum Gasteiger partial charge on any atom is -0.392 e. The molecule has 0 saturated heterocycles. The second-order valence-corrected chi connectivity index (χ2v) is 3.60. The Balaban J connectivity index is 2.34. The van der Waals surface area contributed by atoms with Gasteiger partial charge in [-0.1, -0.05) is 24.3 Å². The number of aromatic nitrogens is 2. The average Bonchev–Trinajstić information content (AvgIpc) is 2.78. The second-order valence-electron chi connectivity index (χ2n) is 3.60. The summed E-state index contributed by atoms with van der Waals surface area (Å²) < 4.78 is 1.81. The first-order valence-electron chi connectivity index (χ1n) is 5.27. The average molecular weight is 217 g/mol. The van der Waals surface area contributed by atoms with Gasteiger partial charge in [0.25, 0.3) is 0 Å². The Morgan fingerprint density at radius 2 is 2.12 bits per heavy atom. The normalized spacial score (nSPS) is 10.6. The quantitative estimate of drug-likeness (QED) is 0.803. The minimum absolute atomic E-state index is 0.0399. The van der Waals surface area contributed by atoms with Crippen LogP contribution in [0.4, 0.5) is 0 Å². The molecule has 0 atom stereocenters. The summed E-state index contributed by atoms with van der Waals surface area (Å²) in [5.74, 6) is 0. The highest BCUT2D eigenvalue weighted by Gasteiger charge is 2.05. The summed E-state index contributed by atoms with van der Waals surface area (Å²) in [7, 11) is 0. The van der Waals surface area contributed by atoms with E-state index in [4.69, 9.17) is 5.73 Å². The maximum absolute atomic E-state index is 9.24. The first-order valence-corrected chi connectivity index (χ1v) is 5.27. The molecule has 0 bridgehead atoms. The number of aliphatic hydroxyl groups excluding tert-OH is 1. The summed E-state index contributed by atoms with van der Waals surface area (Å²) in [6.07, 6.45) is 3.74. The maximum atomic E-state index is 9.24. The molecule has 4 heteroatoms. The number of hydrogen-bond donors (Lipinski definition) is 2. The Labute approximate surface area is 94.3 Å². The highest BCUT2D eigenvalue weighted by Crippen LogP contribution is 2.22. The van der Waals surface area contributed by atoms with Crippen molar-refractivity contribution in [3.8, 4) is 11.1 Å². The molecular formula is C12H15N3O. The molecule has 0 unspecified atom stereocenters. The first kappa shape index (κ1) is 10.9. The number of benzene rings is 1. The zero-order chi connectivity index (χ0) is 11.4. The van der Waals surface area contributed by atoms with Crippen LogP contribution < -0.4 is 5.73 Å². The number of hydrogen-bond acceptors (Lipinski definition) is 3. The van der Waals surface area contributed by atoms with E-state index in [1.54, 1.807) is 6.20 Å².